The molecule has 2 amide bonds. The Morgan fingerprint density at radius 3 is 2.52 bits per heavy atom. The van der Waals surface area contributed by atoms with Crippen LogP contribution in [0.5, 0.6) is 0 Å². The van der Waals surface area contributed by atoms with Crippen LogP contribution in [-0.2, 0) is 16.1 Å². The highest BCUT2D eigenvalue weighted by Gasteiger charge is 2.21. The molecule has 0 saturated carbocycles. The number of carbonyl (C=O) groups excluding carboxylic acids is 2. The number of rotatable bonds is 4. The summed E-state index contributed by atoms with van der Waals surface area (Å²) in [5, 5.41) is 2.58. The van der Waals surface area contributed by atoms with Gasteiger partial charge in [-0.25, -0.2) is 4.39 Å². The highest BCUT2D eigenvalue weighted by molar-refractivity contribution is 5.96. The van der Waals surface area contributed by atoms with Gasteiger partial charge in [-0.1, -0.05) is 18.2 Å². The minimum absolute atomic E-state index is 0.0987. The van der Waals surface area contributed by atoms with Crippen LogP contribution in [0.3, 0.4) is 0 Å². The number of carbonyl (C=O) groups is 2. The molecule has 0 atom stereocenters. The molecule has 2 rings (SSSR count). The van der Waals surface area contributed by atoms with Crippen molar-refractivity contribution in [2.75, 3.05) is 33.2 Å². The zero-order valence-corrected chi connectivity index (χ0v) is 12.1. The second-order valence-corrected chi connectivity index (χ2v) is 5.23. The maximum atomic E-state index is 13.4. The molecule has 1 aromatic rings. The summed E-state index contributed by atoms with van der Waals surface area (Å²) in [7, 11) is 2.00. The maximum Gasteiger partial charge on any atom is 0.232 e. The van der Waals surface area contributed by atoms with Crippen LogP contribution in [0.4, 0.5) is 4.39 Å². The van der Waals surface area contributed by atoms with Crippen molar-refractivity contribution in [3.63, 3.8) is 0 Å². The first-order valence-corrected chi connectivity index (χ1v) is 7.02. The summed E-state index contributed by atoms with van der Waals surface area (Å²) >= 11 is 0. The summed E-state index contributed by atoms with van der Waals surface area (Å²) in [6.07, 6.45) is -0.182. The van der Waals surface area contributed by atoms with Crippen LogP contribution in [0.15, 0.2) is 24.3 Å². The van der Waals surface area contributed by atoms with Crippen molar-refractivity contribution in [1.29, 1.82) is 0 Å². The first-order chi connectivity index (χ1) is 10.1. The van der Waals surface area contributed by atoms with E-state index in [4.69, 9.17) is 0 Å². The van der Waals surface area contributed by atoms with Crippen LogP contribution in [0.1, 0.15) is 12.0 Å². The van der Waals surface area contributed by atoms with Crippen LogP contribution in [0, 0.1) is 5.82 Å². The Balaban J connectivity index is 1.77. The lowest BCUT2D eigenvalue weighted by atomic mass is 10.2. The molecule has 1 saturated heterocycles. The predicted octanol–water partition coefficient (Wildman–Crippen LogP) is 0.606. The Bertz CT molecular complexity index is 513. The molecule has 0 aliphatic carbocycles. The van der Waals surface area contributed by atoms with Crippen molar-refractivity contribution in [3.05, 3.63) is 35.6 Å². The summed E-state index contributed by atoms with van der Waals surface area (Å²) in [5.74, 6) is -0.903. The van der Waals surface area contributed by atoms with E-state index in [1.807, 2.05) is 7.05 Å². The fourth-order valence-corrected chi connectivity index (χ4v) is 2.20. The average molecular weight is 293 g/mol. The average Bonchev–Trinajstić information content (AvgIpc) is 2.47. The van der Waals surface area contributed by atoms with Crippen LogP contribution >= 0.6 is 0 Å². The first-order valence-electron chi connectivity index (χ1n) is 7.02. The minimum atomic E-state index is -0.373. The molecule has 1 N–H and O–H groups in total. The van der Waals surface area contributed by atoms with Crippen LogP contribution in [0.25, 0.3) is 0 Å². The molecule has 1 aromatic carbocycles. The van der Waals surface area contributed by atoms with Crippen LogP contribution in [-0.4, -0.2) is 54.8 Å². The largest absolute Gasteiger partial charge is 0.351 e. The highest BCUT2D eigenvalue weighted by atomic mass is 19.1. The van der Waals surface area contributed by atoms with Crippen molar-refractivity contribution in [2.24, 2.45) is 0 Å². The van der Waals surface area contributed by atoms with Gasteiger partial charge in [0.1, 0.15) is 12.2 Å². The van der Waals surface area contributed by atoms with Crippen molar-refractivity contribution in [2.45, 2.75) is 13.0 Å². The van der Waals surface area contributed by atoms with E-state index in [-0.39, 0.29) is 30.6 Å². The fourth-order valence-electron chi connectivity index (χ4n) is 2.20. The second kappa shape index (κ2) is 7.17. The predicted molar refractivity (Wildman–Crippen MR) is 76.9 cm³/mol. The molecule has 1 heterocycles. The van der Waals surface area contributed by atoms with E-state index in [1.165, 1.54) is 6.07 Å². The van der Waals surface area contributed by atoms with Gasteiger partial charge in [0.2, 0.25) is 11.8 Å². The zero-order chi connectivity index (χ0) is 15.2. The minimum Gasteiger partial charge on any atom is -0.351 e. The van der Waals surface area contributed by atoms with Crippen LogP contribution < -0.4 is 5.32 Å². The second-order valence-electron chi connectivity index (χ2n) is 5.23. The van der Waals surface area contributed by atoms with E-state index >= 15 is 0 Å². The molecule has 0 aromatic heterocycles. The highest BCUT2D eigenvalue weighted by Crippen LogP contribution is 2.06. The van der Waals surface area contributed by atoms with Gasteiger partial charge in [0.25, 0.3) is 0 Å². The first kappa shape index (κ1) is 15.4. The zero-order valence-electron chi connectivity index (χ0n) is 12.1. The van der Waals surface area contributed by atoms with Gasteiger partial charge in [0, 0.05) is 38.3 Å². The van der Waals surface area contributed by atoms with E-state index in [2.05, 4.69) is 10.2 Å². The Morgan fingerprint density at radius 2 is 1.86 bits per heavy atom. The molecule has 0 unspecified atom stereocenters. The third-order valence-electron chi connectivity index (χ3n) is 3.60. The molecular formula is C15H20FN3O2. The summed E-state index contributed by atoms with van der Waals surface area (Å²) in [6.45, 7) is 3.04. The van der Waals surface area contributed by atoms with Crippen LogP contribution in [0.2, 0.25) is 0 Å². The molecule has 5 nitrogen and oxygen atoms in total. The van der Waals surface area contributed by atoms with Crippen molar-refractivity contribution in [3.8, 4) is 0 Å². The van der Waals surface area contributed by atoms with E-state index in [0.717, 1.165) is 13.1 Å². The molecule has 0 radical (unpaired) electrons. The fraction of sp³-hybridized carbons (Fsp3) is 0.467. The number of nitrogens with zero attached hydrogens (tertiary/aromatic N) is 2. The number of benzene rings is 1. The SMILES string of the molecule is CN1CCN(C(=O)CC(=O)NCc2ccccc2F)CC1. The van der Waals surface area contributed by atoms with Gasteiger partial charge >= 0.3 is 0 Å². The summed E-state index contributed by atoms with van der Waals surface area (Å²) in [5.41, 5.74) is 0.415. The standard InChI is InChI=1S/C15H20FN3O2/c1-18-6-8-19(9-7-18)15(21)10-14(20)17-11-12-4-2-3-5-13(12)16/h2-5H,6-11H2,1H3,(H,17,20). The number of halogens is 1. The smallest absolute Gasteiger partial charge is 0.232 e. The Hall–Kier alpha value is -1.95. The summed E-state index contributed by atoms with van der Waals surface area (Å²) < 4.78 is 13.4. The van der Waals surface area contributed by atoms with Gasteiger partial charge < -0.3 is 15.1 Å². The summed E-state index contributed by atoms with van der Waals surface area (Å²) in [6, 6.07) is 6.26. The van der Waals surface area contributed by atoms with E-state index < -0.39 is 0 Å². The van der Waals surface area contributed by atoms with E-state index in [1.54, 1.807) is 23.1 Å². The molecule has 21 heavy (non-hydrogen) atoms. The third kappa shape index (κ3) is 4.53. The molecule has 114 valence electrons. The molecule has 1 fully saturated rings. The number of piperazine rings is 1. The number of hydrogen-bond acceptors (Lipinski definition) is 3. The lowest BCUT2D eigenvalue weighted by molar-refractivity contribution is -0.137. The molecular weight excluding hydrogens is 273 g/mol. The van der Waals surface area contributed by atoms with Gasteiger partial charge in [-0.15, -0.1) is 0 Å². The topological polar surface area (TPSA) is 52.7 Å². The summed E-state index contributed by atoms with van der Waals surface area (Å²) in [4.78, 5) is 27.6. The van der Waals surface area contributed by atoms with E-state index in [9.17, 15) is 14.0 Å². The molecule has 1 aliphatic rings. The van der Waals surface area contributed by atoms with Gasteiger partial charge in [-0.05, 0) is 13.1 Å². The quantitative estimate of drug-likeness (QED) is 0.828. The van der Waals surface area contributed by atoms with Gasteiger partial charge in [-0.2, -0.15) is 0 Å². The normalized spacial score (nSPS) is 15.8. The van der Waals surface area contributed by atoms with Gasteiger partial charge in [0.05, 0.1) is 0 Å². The molecule has 0 spiro atoms. The molecule has 1 aliphatic heterocycles. The molecule has 0 bridgehead atoms. The van der Waals surface area contributed by atoms with Gasteiger partial charge in [0.15, 0.2) is 0 Å². The van der Waals surface area contributed by atoms with Crippen molar-refractivity contribution in [1.82, 2.24) is 15.1 Å². The number of nitrogens with one attached hydrogen (secondary N) is 1. The monoisotopic (exact) mass is 293 g/mol. The van der Waals surface area contributed by atoms with E-state index in [0.29, 0.717) is 18.7 Å². The number of hydrogen-bond donors (Lipinski definition) is 1. The number of amides is 2. The lowest BCUT2D eigenvalue weighted by Gasteiger charge is -2.32. The molecule has 6 heteroatoms. The van der Waals surface area contributed by atoms with Crippen molar-refractivity contribution < 1.29 is 14.0 Å². The Morgan fingerprint density at radius 1 is 1.19 bits per heavy atom. The maximum absolute atomic E-state index is 13.4. The number of likely N-dealkylation sites (N-methyl/N-ethyl adjacent to an activating group) is 1. The van der Waals surface area contributed by atoms with Gasteiger partial charge in [-0.3, -0.25) is 9.59 Å². The Labute approximate surface area is 123 Å². The third-order valence-corrected chi connectivity index (χ3v) is 3.60. The lowest BCUT2D eigenvalue weighted by Crippen LogP contribution is -2.48. The Kier molecular flexibility index (Phi) is 5.27. The van der Waals surface area contributed by atoms with Crippen molar-refractivity contribution >= 4 is 11.8 Å².